The molecule has 3 aromatic carbocycles. The van der Waals surface area contributed by atoms with E-state index in [1.165, 1.54) is 12.0 Å². The molecule has 0 radical (unpaired) electrons. The fourth-order valence-corrected chi connectivity index (χ4v) is 5.90. The van der Waals surface area contributed by atoms with Crippen LogP contribution in [-0.4, -0.2) is 67.0 Å². The van der Waals surface area contributed by atoms with Gasteiger partial charge in [-0.05, 0) is 54.9 Å². The van der Waals surface area contributed by atoms with Crippen molar-refractivity contribution in [3.05, 3.63) is 89.5 Å². The molecule has 2 saturated heterocycles. The van der Waals surface area contributed by atoms with Gasteiger partial charge in [0.15, 0.2) is 0 Å². The average Bonchev–Trinajstić information content (AvgIpc) is 3.36. The van der Waals surface area contributed by atoms with Gasteiger partial charge in [-0.3, -0.25) is 9.59 Å². The zero-order valence-corrected chi connectivity index (χ0v) is 23.1. The van der Waals surface area contributed by atoms with Crippen molar-refractivity contribution < 1.29 is 32.6 Å². The number of nitrogens with zero attached hydrogens (tertiary/aromatic N) is 2. The Morgan fingerprint density at radius 3 is 2.10 bits per heavy atom. The minimum atomic E-state index is -1.06. The summed E-state index contributed by atoms with van der Waals surface area (Å²) in [6.07, 6.45) is 1.37. The molecule has 1 unspecified atom stereocenters. The van der Waals surface area contributed by atoms with Crippen molar-refractivity contribution in [1.29, 1.82) is 0 Å². The molecule has 1 spiro atoms. The van der Waals surface area contributed by atoms with Gasteiger partial charge in [0.25, 0.3) is 11.8 Å². The number of rotatable bonds is 6. The summed E-state index contributed by atoms with van der Waals surface area (Å²) in [6.45, 7) is 2.77. The van der Waals surface area contributed by atoms with E-state index in [0.29, 0.717) is 37.9 Å². The van der Waals surface area contributed by atoms with E-state index in [-0.39, 0.29) is 24.8 Å². The predicted molar refractivity (Wildman–Crippen MR) is 148 cm³/mol. The van der Waals surface area contributed by atoms with Crippen molar-refractivity contribution in [1.82, 2.24) is 9.80 Å². The maximum Gasteiger partial charge on any atom is 0.328 e. The first-order valence-corrected chi connectivity index (χ1v) is 13.7. The molecule has 0 aliphatic carbocycles. The van der Waals surface area contributed by atoms with Crippen LogP contribution >= 0.6 is 0 Å². The summed E-state index contributed by atoms with van der Waals surface area (Å²) in [4.78, 5) is 42.6. The van der Waals surface area contributed by atoms with Crippen molar-refractivity contribution in [2.75, 3.05) is 33.4 Å². The fraction of sp³-hybridized carbons (Fsp3) is 0.344. The number of halogens is 2. The van der Waals surface area contributed by atoms with Gasteiger partial charge < -0.3 is 19.3 Å². The van der Waals surface area contributed by atoms with E-state index >= 15 is 0 Å². The highest BCUT2D eigenvalue weighted by Crippen LogP contribution is 2.45. The van der Waals surface area contributed by atoms with Gasteiger partial charge in [-0.2, -0.15) is 0 Å². The molecule has 2 amide bonds. The Morgan fingerprint density at radius 2 is 1.51 bits per heavy atom. The van der Waals surface area contributed by atoms with E-state index < -0.39 is 40.5 Å². The van der Waals surface area contributed by atoms with E-state index in [0.717, 1.165) is 23.3 Å². The smallest absolute Gasteiger partial charge is 0.328 e. The summed E-state index contributed by atoms with van der Waals surface area (Å²) < 4.78 is 39.7. The summed E-state index contributed by atoms with van der Waals surface area (Å²) in [5, 5.41) is 0. The highest BCUT2D eigenvalue weighted by atomic mass is 19.1. The molecule has 214 valence electrons. The number of amides is 2. The lowest BCUT2D eigenvalue weighted by atomic mass is 9.76. The van der Waals surface area contributed by atoms with Gasteiger partial charge >= 0.3 is 5.97 Å². The lowest BCUT2D eigenvalue weighted by Gasteiger charge is -2.39. The van der Waals surface area contributed by atoms with Crippen molar-refractivity contribution in [3.8, 4) is 16.9 Å². The van der Waals surface area contributed by atoms with Crippen LogP contribution in [0.2, 0.25) is 0 Å². The molecule has 0 N–H and O–H groups in total. The van der Waals surface area contributed by atoms with Crippen molar-refractivity contribution in [3.63, 3.8) is 0 Å². The molecular formula is C32H32F2N2O5. The molecule has 2 heterocycles. The molecule has 1 atom stereocenters. The summed E-state index contributed by atoms with van der Waals surface area (Å²) in [6, 6.07) is 18.3. The molecule has 5 rings (SSSR count). The molecule has 0 bridgehead atoms. The zero-order valence-electron chi connectivity index (χ0n) is 23.1. The van der Waals surface area contributed by atoms with Gasteiger partial charge in [0, 0.05) is 37.3 Å². The van der Waals surface area contributed by atoms with Crippen LogP contribution in [0.1, 0.15) is 46.9 Å². The first-order valence-electron chi connectivity index (χ1n) is 13.7. The maximum atomic E-state index is 14.8. The van der Waals surface area contributed by atoms with Gasteiger partial charge in [0.2, 0.25) is 0 Å². The van der Waals surface area contributed by atoms with Gasteiger partial charge in [-0.25, -0.2) is 13.6 Å². The van der Waals surface area contributed by atoms with Gasteiger partial charge in [-0.15, -0.1) is 0 Å². The quantitative estimate of drug-likeness (QED) is 0.379. The largest absolute Gasteiger partial charge is 0.497 e. The number of hydrogen-bond donors (Lipinski definition) is 0. The van der Waals surface area contributed by atoms with E-state index in [2.05, 4.69) is 0 Å². The maximum absolute atomic E-state index is 14.8. The summed E-state index contributed by atoms with van der Waals surface area (Å²) >= 11 is 0. The molecule has 2 fully saturated rings. The van der Waals surface area contributed by atoms with Crippen LogP contribution in [0.4, 0.5) is 8.78 Å². The first-order chi connectivity index (χ1) is 19.7. The number of carbonyl (C=O) groups excluding carboxylic acids is 3. The zero-order chi connectivity index (χ0) is 29.1. The lowest BCUT2D eigenvalue weighted by molar-refractivity contribution is -0.147. The second kappa shape index (κ2) is 11.7. The average molecular weight is 563 g/mol. The van der Waals surface area contributed by atoms with Crippen LogP contribution < -0.4 is 4.74 Å². The second-order valence-corrected chi connectivity index (χ2v) is 10.6. The van der Waals surface area contributed by atoms with E-state index in [1.54, 1.807) is 11.8 Å². The number of ether oxygens (including phenoxy) is 2. The van der Waals surface area contributed by atoms with E-state index in [1.807, 2.05) is 54.6 Å². The fourth-order valence-electron chi connectivity index (χ4n) is 5.90. The number of piperidine rings is 1. The van der Waals surface area contributed by atoms with Crippen LogP contribution in [-0.2, 0) is 9.53 Å². The first kappa shape index (κ1) is 28.3. The number of esters is 1. The Labute approximate surface area is 237 Å². The van der Waals surface area contributed by atoms with Crippen molar-refractivity contribution in [2.45, 2.75) is 32.2 Å². The number of carbonyl (C=O) groups is 3. The van der Waals surface area contributed by atoms with Gasteiger partial charge in [0.1, 0.15) is 29.0 Å². The SMILES string of the molecule is CCOC(=O)C1CC2(CCN(C(=O)c3ccc(-c4ccccc4)cc3)CC2)CN1C(=O)c1c(F)cc(OC)cc1F. The minimum absolute atomic E-state index is 0.0527. The lowest BCUT2D eigenvalue weighted by Crippen LogP contribution is -2.45. The third kappa shape index (κ3) is 5.66. The van der Waals surface area contributed by atoms with E-state index in [4.69, 9.17) is 9.47 Å². The number of hydrogen-bond acceptors (Lipinski definition) is 5. The molecule has 0 saturated carbocycles. The highest BCUT2D eigenvalue weighted by molar-refractivity contribution is 5.98. The van der Waals surface area contributed by atoms with Crippen LogP contribution in [0.15, 0.2) is 66.7 Å². The molecule has 2 aliphatic rings. The third-order valence-corrected chi connectivity index (χ3v) is 8.14. The monoisotopic (exact) mass is 562 g/mol. The molecular weight excluding hydrogens is 530 g/mol. The van der Waals surface area contributed by atoms with E-state index in [9.17, 15) is 23.2 Å². The Kier molecular flexibility index (Phi) is 8.06. The second-order valence-electron chi connectivity index (χ2n) is 10.6. The van der Waals surface area contributed by atoms with Crippen LogP contribution in [0.3, 0.4) is 0 Å². The number of benzene rings is 3. The number of methoxy groups -OCH3 is 1. The van der Waals surface area contributed by atoms with Crippen LogP contribution in [0.25, 0.3) is 11.1 Å². The normalized spacial score (nSPS) is 17.9. The summed E-state index contributed by atoms with van der Waals surface area (Å²) in [5.74, 6) is -3.78. The third-order valence-electron chi connectivity index (χ3n) is 8.14. The molecule has 0 aromatic heterocycles. The topological polar surface area (TPSA) is 76.2 Å². The van der Waals surface area contributed by atoms with Crippen molar-refractivity contribution >= 4 is 17.8 Å². The van der Waals surface area contributed by atoms with Gasteiger partial charge in [-0.1, -0.05) is 42.5 Å². The predicted octanol–water partition coefficient (Wildman–Crippen LogP) is 5.34. The van der Waals surface area contributed by atoms with Crippen LogP contribution in [0.5, 0.6) is 5.75 Å². The Hall–Kier alpha value is -4.27. The molecule has 3 aromatic rings. The standard InChI is InChI=1S/C32H32F2N2O5/c1-3-41-31(39)27-19-32(20-36(27)30(38)28-25(33)17-24(40-2)18-26(28)34)13-15-35(16-14-32)29(37)23-11-9-22(10-12-23)21-7-5-4-6-8-21/h4-12,17-18,27H,3,13-16,19-20H2,1-2H3. The molecule has 41 heavy (non-hydrogen) atoms. The molecule has 9 heteroatoms. The van der Waals surface area contributed by atoms with Crippen molar-refractivity contribution in [2.24, 2.45) is 5.41 Å². The van der Waals surface area contributed by atoms with Gasteiger partial charge in [0.05, 0.1) is 13.7 Å². The Bertz CT molecular complexity index is 1410. The summed E-state index contributed by atoms with van der Waals surface area (Å²) in [5.41, 5.74) is 1.45. The Balaban J connectivity index is 1.31. The molecule has 7 nitrogen and oxygen atoms in total. The van der Waals surface area contributed by atoms with Crippen LogP contribution in [0, 0.1) is 17.0 Å². The molecule has 2 aliphatic heterocycles. The summed E-state index contributed by atoms with van der Waals surface area (Å²) in [7, 11) is 1.27. The minimum Gasteiger partial charge on any atom is -0.497 e. The highest BCUT2D eigenvalue weighted by Gasteiger charge is 2.51. The number of likely N-dealkylation sites (tertiary alicyclic amines) is 2. The Morgan fingerprint density at radius 1 is 0.902 bits per heavy atom.